The number of anilines is 2. The minimum absolute atomic E-state index is 0.100. The molecule has 1 atom stereocenters. The zero-order chi connectivity index (χ0) is 16.7. The molecule has 0 bridgehead atoms. The number of hydrogen-bond acceptors (Lipinski definition) is 3. The van der Waals surface area contributed by atoms with Gasteiger partial charge in [0, 0.05) is 11.4 Å². The second-order valence-electron chi connectivity index (χ2n) is 5.17. The Labute approximate surface area is 140 Å². The number of rotatable bonds is 6. The molecule has 2 aromatic carbocycles. The third-order valence-corrected chi connectivity index (χ3v) is 4.44. The van der Waals surface area contributed by atoms with Crippen LogP contribution < -0.4 is 10.6 Å². The van der Waals surface area contributed by atoms with Crippen LogP contribution in [0.3, 0.4) is 0 Å². The molecule has 0 aromatic heterocycles. The smallest absolute Gasteiger partial charge is 0.237 e. The summed E-state index contributed by atoms with van der Waals surface area (Å²) in [5.41, 5.74) is 2.58. The van der Waals surface area contributed by atoms with Crippen molar-refractivity contribution in [3.8, 4) is 0 Å². The van der Waals surface area contributed by atoms with Crippen LogP contribution >= 0.6 is 11.8 Å². The highest BCUT2D eigenvalue weighted by Crippen LogP contribution is 2.17. The summed E-state index contributed by atoms with van der Waals surface area (Å²) in [6.45, 7) is 3.74. The van der Waals surface area contributed by atoms with Crippen LogP contribution in [-0.2, 0) is 9.59 Å². The van der Waals surface area contributed by atoms with Crippen molar-refractivity contribution in [2.45, 2.75) is 19.1 Å². The van der Waals surface area contributed by atoms with Crippen molar-refractivity contribution < 1.29 is 9.59 Å². The molecular formula is C18H20N2O2S. The van der Waals surface area contributed by atoms with E-state index in [1.54, 1.807) is 6.92 Å². The molecule has 2 aromatic rings. The summed E-state index contributed by atoms with van der Waals surface area (Å²) < 4.78 is 0. The van der Waals surface area contributed by atoms with E-state index in [2.05, 4.69) is 10.6 Å². The minimum Gasteiger partial charge on any atom is -0.325 e. The van der Waals surface area contributed by atoms with Crippen molar-refractivity contribution in [3.63, 3.8) is 0 Å². The van der Waals surface area contributed by atoms with Gasteiger partial charge in [-0.25, -0.2) is 0 Å². The van der Waals surface area contributed by atoms with Gasteiger partial charge in [0.15, 0.2) is 0 Å². The first kappa shape index (κ1) is 17.1. The van der Waals surface area contributed by atoms with Crippen molar-refractivity contribution in [3.05, 3.63) is 60.2 Å². The number of amides is 2. The summed E-state index contributed by atoms with van der Waals surface area (Å²) in [5.74, 6) is 0.0191. The monoisotopic (exact) mass is 328 g/mol. The normalized spacial score (nSPS) is 11.6. The number of nitrogens with one attached hydrogen (secondary N) is 2. The van der Waals surface area contributed by atoms with Crippen LogP contribution in [0.15, 0.2) is 54.6 Å². The largest absolute Gasteiger partial charge is 0.325 e. The topological polar surface area (TPSA) is 58.2 Å². The van der Waals surface area contributed by atoms with Gasteiger partial charge in [0.05, 0.1) is 11.0 Å². The van der Waals surface area contributed by atoms with E-state index in [4.69, 9.17) is 0 Å². The first-order chi connectivity index (χ1) is 11.1. The second-order valence-corrected chi connectivity index (χ2v) is 6.50. The Kier molecular flexibility index (Phi) is 6.23. The van der Waals surface area contributed by atoms with Gasteiger partial charge in [0.2, 0.25) is 11.8 Å². The van der Waals surface area contributed by atoms with Gasteiger partial charge in [0.25, 0.3) is 0 Å². The van der Waals surface area contributed by atoms with Crippen LogP contribution in [0.5, 0.6) is 0 Å². The summed E-state index contributed by atoms with van der Waals surface area (Å²) in [7, 11) is 0. The number of carbonyl (C=O) groups is 2. The summed E-state index contributed by atoms with van der Waals surface area (Å²) in [6.07, 6.45) is 0. The molecule has 0 aliphatic heterocycles. The van der Waals surface area contributed by atoms with Gasteiger partial charge in [-0.1, -0.05) is 36.4 Å². The predicted molar refractivity (Wildman–Crippen MR) is 96.8 cm³/mol. The molecule has 1 unspecified atom stereocenters. The molecule has 23 heavy (non-hydrogen) atoms. The fraction of sp³-hybridized carbons (Fsp3) is 0.222. The van der Waals surface area contributed by atoms with E-state index >= 15 is 0 Å². The van der Waals surface area contributed by atoms with Gasteiger partial charge in [0.1, 0.15) is 0 Å². The molecule has 0 saturated carbocycles. The van der Waals surface area contributed by atoms with Crippen molar-refractivity contribution in [2.24, 2.45) is 0 Å². The SMILES string of the molecule is Cc1ccccc1NC(=O)C(C)SCC(=O)Nc1ccccc1. The molecule has 2 amide bonds. The Hall–Kier alpha value is -2.27. The molecule has 0 radical (unpaired) electrons. The average Bonchev–Trinajstić information content (AvgIpc) is 2.55. The maximum Gasteiger partial charge on any atom is 0.237 e. The maximum absolute atomic E-state index is 12.2. The highest BCUT2D eigenvalue weighted by Gasteiger charge is 2.16. The van der Waals surface area contributed by atoms with Crippen molar-refractivity contribution in [1.29, 1.82) is 0 Å². The fourth-order valence-corrected chi connectivity index (χ4v) is 2.63. The molecule has 0 fully saturated rings. The first-order valence-electron chi connectivity index (χ1n) is 7.39. The quantitative estimate of drug-likeness (QED) is 0.850. The fourth-order valence-electron chi connectivity index (χ4n) is 1.94. The number of para-hydroxylation sites is 2. The molecule has 0 spiro atoms. The molecule has 5 heteroatoms. The number of thioether (sulfide) groups is 1. The highest BCUT2D eigenvalue weighted by molar-refractivity contribution is 8.01. The second kappa shape index (κ2) is 8.39. The Balaban J connectivity index is 1.80. The summed E-state index contributed by atoms with van der Waals surface area (Å²) >= 11 is 1.31. The van der Waals surface area contributed by atoms with E-state index in [0.29, 0.717) is 0 Å². The van der Waals surface area contributed by atoms with E-state index < -0.39 is 0 Å². The minimum atomic E-state index is -0.309. The van der Waals surface area contributed by atoms with Crippen LogP contribution in [0.25, 0.3) is 0 Å². The van der Waals surface area contributed by atoms with Gasteiger partial charge in [-0.2, -0.15) is 0 Å². The molecule has 0 aliphatic rings. The van der Waals surface area contributed by atoms with Gasteiger partial charge in [-0.3, -0.25) is 9.59 Å². The number of hydrogen-bond donors (Lipinski definition) is 2. The third kappa shape index (κ3) is 5.45. The predicted octanol–water partition coefficient (Wildman–Crippen LogP) is 3.69. The number of carbonyl (C=O) groups excluding carboxylic acids is 2. The highest BCUT2D eigenvalue weighted by atomic mass is 32.2. The van der Waals surface area contributed by atoms with E-state index in [1.165, 1.54) is 11.8 Å². The van der Waals surface area contributed by atoms with Gasteiger partial charge in [-0.15, -0.1) is 11.8 Å². The Morgan fingerprint density at radius 1 is 1.00 bits per heavy atom. The van der Waals surface area contributed by atoms with Crippen LogP contribution in [-0.4, -0.2) is 22.8 Å². The zero-order valence-electron chi connectivity index (χ0n) is 13.2. The maximum atomic E-state index is 12.2. The third-order valence-electron chi connectivity index (χ3n) is 3.29. The molecule has 0 heterocycles. The van der Waals surface area contributed by atoms with Crippen LogP contribution in [0.1, 0.15) is 12.5 Å². The molecular weight excluding hydrogens is 308 g/mol. The molecule has 4 nitrogen and oxygen atoms in total. The van der Waals surface area contributed by atoms with Crippen LogP contribution in [0.4, 0.5) is 11.4 Å². The summed E-state index contributed by atoms with van der Waals surface area (Å²) in [5, 5.41) is 5.39. The lowest BCUT2D eigenvalue weighted by Crippen LogP contribution is -2.25. The van der Waals surface area contributed by atoms with Crippen molar-refractivity contribution in [1.82, 2.24) is 0 Å². The lowest BCUT2D eigenvalue weighted by molar-refractivity contribution is -0.115. The standard InChI is InChI=1S/C18H20N2O2S/c1-13-8-6-7-11-16(13)20-18(22)14(2)23-12-17(21)19-15-9-4-3-5-10-15/h3-11,14H,12H2,1-2H3,(H,19,21)(H,20,22). The lowest BCUT2D eigenvalue weighted by Gasteiger charge is -2.13. The first-order valence-corrected chi connectivity index (χ1v) is 8.44. The number of aryl methyl sites for hydroxylation is 1. The van der Waals surface area contributed by atoms with Crippen molar-refractivity contribution in [2.75, 3.05) is 16.4 Å². The molecule has 0 aliphatic carbocycles. The average molecular weight is 328 g/mol. The van der Waals surface area contributed by atoms with Gasteiger partial charge in [-0.05, 0) is 37.6 Å². The van der Waals surface area contributed by atoms with E-state index in [0.717, 1.165) is 16.9 Å². The summed E-state index contributed by atoms with van der Waals surface area (Å²) in [6, 6.07) is 16.9. The van der Waals surface area contributed by atoms with Gasteiger partial charge < -0.3 is 10.6 Å². The molecule has 0 saturated heterocycles. The van der Waals surface area contributed by atoms with Crippen LogP contribution in [0.2, 0.25) is 0 Å². The zero-order valence-corrected chi connectivity index (χ0v) is 14.0. The lowest BCUT2D eigenvalue weighted by atomic mass is 10.2. The van der Waals surface area contributed by atoms with Crippen LogP contribution in [0, 0.1) is 6.92 Å². The molecule has 2 N–H and O–H groups in total. The summed E-state index contributed by atoms with van der Waals surface area (Å²) in [4.78, 5) is 24.1. The molecule has 120 valence electrons. The Bertz CT molecular complexity index is 674. The van der Waals surface area contributed by atoms with E-state index in [9.17, 15) is 9.59 Å². The van der Waals surface area contributed by atoms with Gasteiger partial charge >= 0.3 is 0 Å². The molecule has 2 rings (SSSR count). The van der Waals surface area contributed by atoms with E-state index in [1.807, 2.05) is 61.5 Å². The Morgan fingerprint density at radius 3 is 2.35 bits per heavy atom. The number of benzene rings is 2. The van der Waals surface area contributed by atoms with Crippen molar-refractivity contribution >= 4 is 35.0 Å². The van der Waals surface area contributed by atoms with E-state index in [-0.39, 0.29) is 22.8 Å². The Morgan fingerprint density at radius 2 is 1.65 bits per heavy atom.